The molecule has 0 saturated heterocycles. The largest absolute Gasteiger partial charge is 0.459 e. The molecule has 0 radical (unpaired) electrons. The van der Waals surface area contributed by atoms with Crippen LogP contribution in [0.5, 0.6) is 0 Å². The van der Waals surface area contributed by atoms with Gasteiger partial charge in [0.25, 0.3) is 5.56 Å². The molecule has 2 amide bonds. The molecule has 1 unspecified atom stereocenters. The van der Waals surface area contributed by atoms with Gasteiger partial charge >= 0.3 is 17.8 Å². The second-order valence-corrected chi connectivity index (χ2v) is 8.99. The third kappa shape index (κ3) is 8.76. The standard InChI is InChI=1S/C24H32N4O7/c1-16-13-27(23(33)28(20(16)30)12-11-25-22(32)35-24(3,4)5)14-19(29)26-17(2)21(31)34-15-18-9-7-6-8-10-18/h6-10,13,17H,11-12,14-15H2,1-5H3,(H,25,32)(H,26,29). The van der Waals surface area contributed by atoms with E-state index in [1.54, 1.807) is 20.8 Å². The third-order valence-corrected chi connectivity index (χ3v) is 4.68. The van der Waals surface area contributed by atoms with Crippen molar-refractivity contribution < 1.29 is 23.9 Å². The Labute approximate surface area is 203 Å². The number of esters is 1. The van der Waals surface area contributed by atoms with Gasteiger partial charge in [0, 0.05) is 24.8 Å². The summed E-state index contributed by atoms with van der Waals surface area (Å²) in [6, 6.07) is 8.17. The Balaban J connectivity index is 1.98. The summed E-state index contributed by atoms with van der Waals surface area (Å²) in [7, 11) is 0. The zero-order chi connectivity index (χ0) is 26.2. The fourth-order valence-corrected chi connectivity index (χ4v) is 3.05. The molecule has 11 nitrogen and oxygen atoms in total. The van der Waals surface area contributed by atoms with Crippen molar-refractivity contribution >= 4 is 18.0 Å². The number of carbonyl (C=O) groups excluding carboxylic acids is 3. The van der Waals surface area contributed by atoms with Gasteiger partial charge in [-0.15, -0.1) is 0 Å². The van der Waals surface area contributed by atoms with Gasteiger partial charge in [0.2, 0.25) is 5.91 Å². The van der Waals surface area contributed by atoms with Crippen LogP contribution >= 0.6 is 0 Å². The van der Waals surface area contributed by atoms with Crippen LogP contribution in [-0.2, 0) is 38.8 Å². The molecule has 0 aliphatic heterocycles. The number of nitrogens with zero attached hydrogens (tertiary/aromatic N) is 2. The van der Waals surface area contributed by atoms with Crippen LogP contribution in [0.15, 0.2) is 46.1 Å². The molecule has 0 saturated carbocycles. The molecular formula is C24H32N4O7. The maximum Gasteiger partial charge on any atom is 0.407 e. The van der Waals surface area contributed by atoms with E-state index in [4.69, 9.17) is 9.47 Å². The monoisotopic (exact) mass is 488 g/mol. The molecule has 2 rings (SSSR count). The van der Waals surface area contributed by atoms with Crippen LogP contribution in [0.3, 0.4) is 0 Å². The Morgan fingerprint density at radius 3 is 2.37 bits per heavy atom. The summed E-state index contributed by atoms with van der Waals surface area (Å²) in [6.45, 7) is 7.66. The van der Waals surface area contributed by atoms with Crippen LogP contribution in [0.2, 0.25) is 0 Å². The number of aryl methyl sites for hydroxylation is 1. The molecule has 1 aromatic carbocycles. The van der Waals surface area contributed by atoms with Gasteiger partial charge in [-0.3, -0.25) is 18.7 Å². The Bertz CT molecular complexity index is 1160. The molecule has 11 heteroatoms. The molecular weight excluding hydrogens is 456 g/mol. The second kappa shape index (κ2) is 12.0. The number of alkyl carbamates (subject to hydrolysis) is 1. The molecule has 1 heterocycles. The molecule has 0 spiro atoms. The van der Waals surface area contributed by atoms with Crippen molar-refractivity contribution in [2.45, 2.75) is 66.0 Å². The van der Waals surface area contributed by atoms with Gasteiger partial charge in [-0.25, -0.2) is 14.4 Å². The number of nitrogens with one attached hydrogen (secondary N) is 2. The van der Waals surface area contributed by atoms with Crippen molar-refractivity contribution in [2.75, 3.05) is 6.54 Å². The quantitative estimate of drug-likeness (QED) is 0.504. The van der Waals surface area contributed by atoms with Crippen molar-refractivity contribution in [1.29, 1.82) is 0 Å². The van der Waals surface area contributed by atoms with E-state index in [0.29, 0.717) is 0 Å². The number of benzene rings is 1. The van der Waals surface area contributed by atoms with Gasteiger partial charge in [0.15, 0.2) is 0 Å². The third-order valence-electron chi connectivity index (χ3n) is 4.68. The minimum Gasteiger partial charge on any atom is -0.459 e. The number of carbonyl (C=O) groups is 3. The van der Waals surface area contributed by atoms with E-state index < -0.39 is 47.4 Å². The van der Waals surface area contributed by atoms with Crippen molar-refractivity contribution in [1.82, 2.24) is 19.8 Å². The van der Waals surface area contributed by atoms with Gasteiger partial charge in [0.1, 0.15) is 24.8 Å². The normalized spacial score (nSPS) is 11.9. The summed E-state index contributed by atoms with van der Waals surface area (Å²) in [4.78, 5) is 61.6. The van der Waals surface area contributed by atoms with Crippen LogP contribution in [0.4, 0.5) is 4.79 Å². The summed E-state index contributed by atoms with van der Waals surface area (Å²) in [5.74, 6) is -1.23. The minimum atomic E-state index is -0.938. The Morgan fingerprint density at radius 1 is 1.09 bits per heavy atom. The van der Waals surface area contributed by atoms with Crippen molar-refractivity contribution in [2.24, 2.45) is 0 Å². The molecule has 2 N–H and O–H groups in total. The van der Waals surface area contributed by atoms with Gasteiger partial charge in [0.05, 0.1) is 0 Å². The lowest BCUT2D eigenvalue weighted by Crippen LogP contribution is -2.46. The Morgan fingerprint density at radius 2 is 1.74 bits per heavy atom. The topological polar surface area (TPSA) is 138 Å². The Hall–Kier alpha value is -3.89. The molecule has 2 aromatic rings. The average Bonchev–Trinajstić information content (AvgIpc) is 2.77. The molecule has 1 aromatic heterocycles. The van der Waals surface area contributed by atoms with Crippen LogP contribution < -0.4 is 21.9 Å². The summed E-state index contributed by atoms with van der Waals surface area (Å²) in [6.07, 6.45) is 0.603. The molecule has 1 atom stereocenters. The van der Waals surface area contributed by atoms with Crippen LogP contribution in [0, 0.1) is 6.92 Å². The average molecular weight is 489 g/mol. The molecule has 190 valence electrons. The lowest BCUT2D eigenvalue weighted by atomic mass is 10.2. The lowest BCUT2D eigenvalue weighted by molar-refractivity contribution is -0.148. The van der Waals surface area contributed by atoms with E-state index in [9.17, 15) is 24.0 Å². The zero-order valence-electron chi connectivity index (χ0n) is 20.6. The summed E-state index contributed by atoms with van der Waals surface area (Å²) in [5, 5.41) is 4.98. The van der Waals surface area contributed by atoms with Crippen molar-refractivity contribution in [3.63, 3.8) is 0 Å². The van der Waals surface area contributed by atoms with Crippen LogP contribution in [0.1, 0.15) is 38.8 Å². The molecule has 35 heavy (non-hydrogen) atoms. The van der Waals surface area contributed by atoms with Crippen molar-refractivity contribution in [3.8, 4) is 0 Å². The maximum absolute atomic E-state index is 12.8. The Kier molecular flexibility index (Phi) is 9.38. The summed E-state index contributed by atoms with van der Waals surface area (Å²) < 4.78 is 12.3. The highest BCUT2D eigenvalue weighted by molar-refractivity contribution is 5.84. The number of aromatic nitrogens is 2. The summed E-state index contributed by atoms with van der Waals surface area (Å²) >= 11 is 0. The number of hydrogen-bond donors (Lipinski definition) is 2. The molecule has 0 aliphatic carbocycles. The van der Waals surface area contributed by atoms with Gasteiger partial charge in [-0.2, -0.15) is 0 Å². The minimum absolute atomic E-state index is 0.0238. The smallest absolute Gasteiger partial charge is 0.407 e. The fraction of sp³-hybridized carbons (Fsp3) is 0.458. The van der Waals surface area contributed by atoms with Crippen molar-refractivity contribution in [3.05, 3.63) is 68.5 Å². The van der Waals surface area contributed by atoms with Gasteiger partial charge in [-0.05, 0) is 40.2 Å². The van der Waals surface area contributed by atoms with E-state index in [1.807, 2.05) is 30.3 Å². The first-order valence-electron chi connectivity index (χ1n) is 11.1. The first-order chi connectivity index (χ1) is 16.4. The highest BCUT2D eigenvalue weighted by atomic mass is 16.6. The lowest BCUT2D eigenvalue weighted by Gasteiger charge is -2.19. The SMILES string of the molecule is Cc1cn(CC(=O)NC(C)C(=O)OCc2ccccc2)c(=O)n(CCNC(=O)OC(C)(C)C)c1=O. The van der Waals surface area contributed by atoms with Crippen LogP contribution in [0.25, 0.3) is 0 Å². The van der Waals surface area contributed by atoms with Gasteiger partial charge in [-0.1, -0.05) is 30.3 Å². The molecule has 0 aliphatic rings. The zero-order valence-corrected chi connectivity index (χ0v) is 20.6. The van der Waals surface area contributed by atoms with Crippen LogP contribution in [-0.4, -0.2) is 45.3 Å². The number of rotatable bonds is 9. The highest BCUT2D eigenvalue weighted by Gasteiger charge is 2.19. The van der Waals surface area contributed by atoms with E-state index in [1.165, 1.54) is 20.0 Å². The second-order valence-electron chi connectivity index (χ2n) is 8.99. The highest BCUT2D eigenvalue weighted by Crippen LogP contribution is 2.06. The maximum atomic E-state index is 12.8. The fourth-order valence-electron chi connectivity index (χ4n) is 3.05. The van der Waals surface area contributed by atoms with E-state index >= 15 is 0 Å². The van der Waals surface area contributed by atoms with E-state index in [2.05, 4.69) is 10.6 Å². The van der Waals surface area contributed by atoms with Gasteiger partial charge < -0.3 is 20.1 Å². The first-order valence-corrected chi connectivity index (χ1v) is 11.1. The summed E-state index contributed by atoms with van der Waals surface area (Å²) in [5.41, 5.74) is -0.888. The number of amides is 2. The number of hydrogen-bond acceptors (Lipinski definition) is 7. The number of ether oxygens (including phenoxy) is 2. The van der Waals surface area contributed by atoms with E-state index in [-0.39, 0.29) is 25.3 Å². The first kappa shape index (κ1) is 27.4. The molecule has 0 fully saturated rings. The van der Waals surface area contributed by atoms with E-state index in [0.717, 1.165) is 14.7 Å². The molecule has 0 bridgehead atoms. The predicted molar refractivity (Wildman–Crippen MR) is 128 cm³/mol. The predicted octanol–water partition coefficient (Wildman–Crippen LogP) is 1.09.